The van der Waals surface area contributed by atoms with Crippen LogP contribution < -0.4 is 14.8 Å². The van der Waals surface area contributed by atoms with E-state index in [9.17, 15) is 17.6 Å². The lowest BCUT2D eigenvalue weighted by atomic mass is 9.92. The van der Waals surface area contributed by atoms with Crippen LogP contribution in [0.1, 0.15) is 21.8 Å². The molecule has 4 rings (SSSR count). The Morgan fingerprint density at radius 1 is 1.22 bits per heavy atom. The van der Waals surface area contributed by atoms with Crippen LogP contribution in [0, 0.1) is 11.6 Å². The first-order valence-electron chi connectivity index (χ1n) is 9.29. The number of ketones is 1. The summed E-state index contributed by atoms with van der Waals surface area (Å²) in [5.41, 5.74) is -0.994. The topological polar surface area (TPSA) is 97.4 Å². The number of ether oxygens (including phenoxy) is 1. The van der Waals surface area contributed by atoms with Crippen molar-refractivity contribution in [3.63, 3.8) is 0 Å². The molecule has 2 N–H and O–H groups in total. The van der Waals surface area contributed by atoms with E-state index in [4.69, 9.17) is 16.3 Å². The van der Waals surface area contributed by atoms with Gasteiger partial charge in [0.1, 0.15) is 17.4 Å². The predicted octanol–water partition coefficient (Wildman–Crippen LogP) is 4.21. The molecule has 3 aromatic rings. The first-order chi connectivity index (χ1) is 15.2. The molecule has 1 unspecified atom stereocenters. The second-order valence-electron chi connectivity index (χ2n) is 6.95. The van der Waals surface area contributed by atoms with E-state index in [1.807, 2.05) is 0 Å². The van der Waals surface area contributed by atoms with Crippen LogP contribution in [0.25, 0.3) is 0 Å². The fraction of sp³-hybridized carbons (Fsp3) is 0.143. The molecule has 1 aliphatic heterocycles. The summed E-state index contributed by atoms with van der Waals surface area (Å²) in [6, 6.07) is 8.64. The SMILES string of the molecule is COc1ccc(S(=O)(=O)Nc2ccc(F)c(C(=O)C3CNc4ncc(Cl)cc43)c2F)cc1. The van der Waals surface area contributed by atoms with E-state index >= 15 is 4.39 Å². The third-order valence-electron chi connectivity index (χ3n) is 5.00. The van der Waals surface area contributed by atoms with E-state index in [1.165, 1.54) is 43.6 Å². The minimum absolute atomic E-state index is 0.0716. The quantitative estimate of drug-likeness (QED) is 0.514. The third-order valence-corrected chi connectivity index (χ3v) is 6.59. The number of carbonyl (C=O) groups excluding carboxylic acids is 1. The number of hydrogen-bond acceptors (Lipinski definition) is 6. The average Bonchev–Trinajstić information content (AvgIpc) is 3.18. The van der Waals surface area contributed by atoms with Crippen molar-refractivity contribution in [2.75, 3.05) is 23.7 Å². The number of anilines is 2. The maximum Gasteiger partial charge on any atom is 0.261 e. The second kappa shape index (κ2) is 8.36. The fourth-order valence-corrected chi connectivity index (χ4v) is 4.63. The van der Waals surface area contributed by atoms with Gasteiger partial charge in [0.05, 0.1) is 34.2 Å². The van der Waals surface area contributed by atoms with Gasteiger partial charge in [0.15, 0.2) is 11.6 Å². The van der Waals surface area contributed by atoms with Gasteiger partial charge in [-0.15, -0.1) is 0 Å². The molecule has 32 heavy (non-hydrogen) atoms. The molecule has 0 bridgehead atoms. The van der Waals surface area contributed by atoms with Gasteiger partial charge in [0.25, 0.3) is 10.0 Å². The molecule has 2 aromatic carbocycles. The normalized spacial score (nSPS) is 15.1. The van der Waals surface area contributed by atoms with Crippen LogP contribution >= 0.6 is 11.6 Å². The Morgan fingerprint density at radius 2 is 1.94 bits per heavy atom. The predicted molar refractivity (Wildman–Crippen MR) is 115 cm³/mol. The molecular formula is C21H16ClF2N3O4S. The van der Waals surface area contributed by atoms with Gasteiger partial charge in [0.2, 0.25) is 0 Å². The molecule has 0 amide bonds. The highest BCUT2D eigenvalue weighted by Gasteiger charge is 2.34. The van der Waals surface area contributed by atoms with Crippen molar-refractivity contribution in [2.24, 2.45) is 0 Å². The van der Waals surface area contributed by atoms with Crippen molar-refractivity contribution in [1.82, 2.24) is 4.98 Å². The van der Waals surface area contributed by atoms with Gasteiger partial charge in [0, 0.05) is 18.3 Å². The van der Waals surface area contributed by atoms with Crippen LogP contribution in [0.5, 0.6) is 5.75 Å². The number of sulfonamides is 1. The fourth-order valence-electron chi connectivity index (χ4n) is 3.40. The number of benzene rings is 2. The molecule has 0 fully saturated rings. The average molecular weight is 480 g/mol. The molecule has 166 valence electrons. The number of pyridine rings is 1. The molecule has 0 saturated heterocycles. The number of halogens is 3. The second-order valence-corrected chi connectivity index (χ2v) is 9.07. The van der Waals surface area contributed by atoms with E-state index in [2.05, 4.69) is 15.0 Å². The number of nitrogens with one attached hydrogen (secondary N) is 2. The zero-order chi connectivity index (χ0) is 23.0. The number of rotatable bonds is 6. The van der Waals surface area contributed by atoms with Crippen molar-refractivity contribution in [3.05, 3.63) is 76.4 Å². The van der Waals surface area contributed by atoms with E-state index < -0.39 is 44.6 Å². The van der Waals surface area contributed by atoms with E-state index in [-0.39, 0.29) is 16.5 Å². The van der Waals surface area contributed by atoms with E-state index in [0.717, 1.165) is 12.1 Å². The third kappa shape index (κ3) is 3.98. The van der Waals surface area contributed by atoms with E-state index in [1.54, 1.807) is 0 Å². The van der Waals surface area contributed by atoms with Crippen LogP contribution in [0.3, 0.4) is 0 Å². The summed E-state index contributed by atoms with van der Waals surface area (Å²) < 4.78 is 62.0. The van der Waals surface area contributed by atoms with Crippen LogP contribution in [0.2, 0.25) is 5.02 Å². The van der Waals surface area contributed by atoms with Gasteiger partial charge < -0.3 is 10.1 Å². The molecule has 1 atom stereocenters. The van der Waals surface area contributed by atoms with Crippen molar-refractivity contribution in [3.8, 4) is 5.75 Å². The van der Waals surface area contributed by atoms with Gasteiger partial charge in [-0.3, -0.25) is 9.52 Å². The Labute approximate surface area is 187 Å². The minimum Gasteiger partial charge on any atom is -0.497 e. The first kappa shape index (κ1) is 22.0. The summed E-state index contributed by atoms with van der Waals surface area (Å²) in [6.45, 7) is 0.0716. The van der Waals surface area contributed by atoms with Crippen LogP contribution in [-0.4, -0.2) is 32.8 Å². The summed E-state index contributed by atoms with van der Waals surface area (Å²) in [6.07, 6.45) is 1.38. The smallest absolute Gasteiger partial charge is 0.261 e. The molecule has 0 spiro atoms. The summed E-state index contributed by atoms with van der Waals surface area (Å²) >= 11 is 5.94. The molecule has 0 aliphatic carbocycles. The maximum atomic E-state index is 15.2. The first-order valence-corrected chi connectivity index (χ1v) is 11.2. The van der Waals surface area contributed by atoms with Gasteiger partial charge in [-0.25, -0.2) is 22.2 Å². The molecule has 0 saturated carbocycles. The van der Waals surface area contributed by atoms with Crippen LogP contribution in [-0.2, 0) is 10.0 Å². The zero-order valence-electron chi connectivity index (χ0n) is 16.5. The number of aromatic nitrogens is 1. The molecule has 11 heteroatoms. The Bertz CT molecular complexity index is 1320. The number of nitrogens with zero attached hydrogens (tertiary/aromatic N) is 1. The van der Waals surface area contributed by atoms with Gasteiger partial charge in [-0.2, -0.15) is 0 Å². The summed E-state index contributed by atoms with van der Waals surface area (Å²) in [7, 11) is -2.78. The Balaban J connectivity index is 1.68. The van der Waals surface area contributed by atoms with Crippen molar-refractivity contribution < 1.29 is 26.7 Å². The van der Waals surface area contributed by atoms with Gasteiger partial charge in [-0.05, 0) is 42.5 Å². The Kier molecular flexibility index (Phi) is 5.74. The number of hydrogen-bond donors (Lipinski definition) is 2. The molecule has 1 aromatic heterocycles. The molecule has 7 nitrogen and oxygen atoms in total. The highest BCUT2D eigenvalue weighted by atomic mass is 35.5. The molecule has 0 radical (unpaired) electrons. The number of carbonyl (C=O) groups is 1. The van der Waals surface area contributed by atoms with Crippen molar-refractivity contribution in [2.45, 2.75) is 10.8 Å². The van der Waals surface area contributed by atoms with Crippen LogP contribution in [0.15, 0.2) is 53.6 Å². The summed E-state index contributed by atoms with van der Waals surface area (Å²) in [5, 5.41) is 3.16. The lowest BCUT2D eigenvalue weighted by Gasteiger charge is -2.14. The zero-order valence-corrected chi connectivity index (χ0v) is 18.1. The standard InChI is InChI=1S/C21H16ClF2N3O4S/c1-31-12-2-4-13(5-3-12)32(29,30)27-17-7-6-16(23)18(19(17)24)20(28)15-10-26-21-14(15)8-11(22)9-25-21/h2-9,15,27H,10H2,1H3,(H,25,26). The number of fused-ring (bicyclic) bond motifs is 1. The lowest BCUT2D eigenvalue weighted by Crippen LogP contribution is -2.20. The van der Waals surface area contributed by atoms with Crippen molar-refractivity contribution >= 4 is 38.9 Å². The number of methoxy groups -OCH3 is 1. The number of Topliss-reactive ketones (excluding diaryl/α,β-unsaturated/α-hetero) is 1. The monoisotopic (exact) mass is 479 g/mol. The minimum atomic E-state index is -4.21. The van der Waals surface area contributed by atoms with Crippen LogP contribution in [0.4, 0.5) is 20.3 Å². The lowest BCUT2D eigenvalue weighted by molar-refractivity contribution is 0.0958. The highest BCUT2D eigenvalue weighted by Crippen LogP contribution is 2.36. The molecule has 2 heterocycles. The maximum absolute atomic E-state index is 15.2. The molecule has 1 aliphatic rings. The highest BCUT2D eigenvalue weighted by molar-refractivity contribution is 7.92. The van der Waals surface area contributed by atoms with E-state index in [0.29, 0.717) is 17.1 Å². The van der Waals surface area contributed by atoms with Gasteiger partial charge in [-0.1, -0.05) is 11.6 Å². The largest absolute Gasteiger partial charge is 0.497 e. The molecular weight excluding hydrogens is 464 g/mol. The summed E-state index contributed by atoms with van der Waals surface area (Å²) in [4.78, 5) is 16.9. The Hall–Kier alpha value is -3.24. The van der Waals surface area contributed by atoms with Crippen molar-refractivity contribution in [1.29, 1.82) is 0 Å². The summed E-state index contributed by atoms with van der Waals surface area (Å²) in [5.74, 6) is -3.39. The van der Waals surface area contributed by atoms with Gasteiger partial charge >= 0.3 is 0 Å². The Morgan fingerprint density at radius 3 is 2.62 bits per heavy atom.